The Bertz CT molecular complexity index is 577. The van der Waals surface area contributed by atoms with Crippen LogP contribution >= 0.6 is 12.6 Å². The fraction of sp³-hybridized carbons (Fsp3) is 0.579. The zero-order chi connectivity index (χ0) is 19.0. The van der Waals surface area contributed by atoms with Gasteiger partial charge in [-0.05, 0) is 30.9 Å². The summed E-state index contributed by atoms with van der Waals surface area (Å²) in [6, 6.07) is 5.07. The van der Waals surface area contributed by atoms with Crippen LogP contribution in [-0.2, 0) is 9.59 Å². The molecule has 0 heterocycles. The van der Waals surface area contributed by atoms with Crippen LogP contribution in [0.25, 0.3) is 0 Å². The molecule has 0 N–H and O–H groups in total. The molecule has 0 saturated carbocycles. The number of Topliss-reactive ketones (excluding diaryl/α,β-unsaturated/α-hetero) is 1. The van der Waals surface area contributed by atoms with Gasteiger partial charge in [0.15, 0.2) is 12.4 Å². The molecule has 6 heteroatoms. The van der Waals surface area contributed by atoms with E-state index in [9.17, 15) is 9.59 Å². The molecular weight excluding hydrogens is 338 g/mol. The highest BCUT2D eigenvalue weighted by atomic mass is 32.1. The van der Waals surface area contributed by atoms with Crippen LogP contribution in [0, 0.1) is 11.8 Å². The van der Waals surface area contributed by atoms with Gasteiger partial charge in [0, 0.05) is 24.1 Å². The highest BCUT2D eigenvalue weighted by molar-refractivity contribution is 7.80. The standard InChI is InChI=1S/C19H29NO4S/c1-13(2)9-20(10-14(3)4)19(22)12-24-17-6-16(7-18(25)8-17)23-11-15(5)21/h6-8,13-14,25H,9-12H2,1-5H3. The van der Waals surface area contributed by atoms with Crippen molar-refractivity contribution < 1.29 is 19.1 Å². The first kappa shape index (κ1) is 21.4. The lowest BCUT2D eigenvalue weighted by molar-refractivity contribution is -0.134. The minimum Gasteiger partial charge on any atom is -0.486 e. The second-order valence-corrected chi connectivity index (χ2v) is 7.54. The van der Waals surface area contributed by atoms with Gasteiger partial charge in [-0.25, -0.2) is 0 Å². The van der Waals surface area contributed by atoms with Gasteiger partial charge in [0.05, 0.1) is 0 Å². The molecule has 0 aliphatic heterocycles. The average Bonchev–Trinajstić information content (AvgIpc) is 2.48. The predicted molar refractivity (Wildman–Crippen MR) is 102 cm³/mol. The summed E-state index contributed by atoms with van der Waals surface area (Å²) in [5, 5.41) is 0. The third-order valence-corrected chi connectivity index (χ3v) is 3.45. The fourth-order valence-electron chi connectivity index (χ4n) is 2.30. The number of thiol groups is 1. The van der Waals surface area contributed by atoms with E-state index in [1.54, 1.807) is 18.2 Å². The van der Waals surface area contributed by atoms with Gasteiger partial charge in [-0.15, -0.1) is 12.6 Å². The van der Waals surface area contributed by atoms with Crippen LogP contribution in [0.5, 0.6) is 11.5 Å². The summed E-state index contributed by atoms with van der Waals surface area (Å²) in [5.41, 5.74) is 0. The monoisotopic (exact) mass is 367 g/mol. The molecule has 25 heavy (non-hydrogen) atoms. The summed E-state index contributed by atoms with van der Waals surface area (Å²) < 4.78 is 11.0. The Kier molecular flexibility index (Phi) is 8.83. The van der Waals surface area contributed by atoms with Crippen molar-refractivity contribution in [1.82, 2.24) is 4.90 Å². The predicted octanol–water partition coefficient (Wildman–Crippen LogP) is 3.46. The summed E-state index contributed by atoms with van der Waals surface area (Å²) in [6.45, 7) is 11.2. The number of benzene rings is 1. The Hall–Kier alpha value is -1.69. The van der Waals surface area contributed by atoms with Crippen LogP contribution in [0.1, 0.15) is 34.6 Å². The van der Waals surface area contributed by atoms with Gasteiger partial charge in [0.25, 0.3) is 5.91 Å². The van der Waals surface area contributed by atoms with Crippen molar-refractivity contribution in [3.05, 3.63) is 18.2 Å². The first-order valence-electron chi connectivity index (χ1n) is 8.54. The Balaban J connectivity index is 2.71. The molecule has 0 unspecified atom stereocenters. The van der Waals surface area contributed by atoms with E-state index < -0.39 is 0 Å². The largest absolute Gasteiger partial charge is 0.486 e. The Labute approximate surface area is 156 Å². The molecule has 1 amide bonds. The van der Waals surface area contributed by atoms with Gasteiger partial charge in [-0.3, -0.25) is 9.59 Å². The molecule has 0 bridgehead atoms. The van der Waals surface area contributed by atoms with E-state index >= 15 is 0 Å². The lowest BCUT2D eigenvalue weighted by atomic mass is 10.1. The molecule has 0 fully saturated rings. The number of carbonyl (C=O) groups excluding carboxylic acids is 2. The van der Waals surface area contributed by atoms with Crippen molar-refractivity contribution in [2.24, 2.45) is 11.8 Å². The van der Waals surface area contributed by atoms with Crippen molar-refractivity contribution in [3.8, 4) is 11.5 Å². The Morgan fingerprint density at radius 3 is 1.88 bits per heavy atom. The van der Waals surface area contributed by atoms with Crippen molar-refractivity contribution in [1.29, 1.82) is 0 Å². The van der Waals surface area contributed by atoms with Crippen molar-refractivity contribution in [3.63, 3.8) is 0 Å². The van der Waals surface area contributed by atoms with Crippen molar-refractivity contribution in [2.45, 2.75) is 39.5 Å². The van der Waals surface area contributed by atoms with E-state index in [1.165, 1.54) is 6.92 Å². The number of hydrogen-bond donors (Lipinski definition) is 1. The summed E-state index contributed by atoms with van der Waals surface area (Å²) in [7, 11) is 0. The molecule has 0 aliphatic carbocycles. The number of nitrogens with zero attached hydrogens (tertiary/aromatic N) is 1. The van der Waals surface area contributed by atoms with Crippen molar-refractivity contribution >= 4 is 24.3 Å². The second kappa shape index (κ2) is 10.3. The van der Waals surface area contributed by atoms with Crippen LogP contribution in [0.15, 0.2) is 23.1 Å². The number of ketones is 1. The first-order chi connectivity index (χ1) is 11.7. The smallest absolute Gasteiger partial charge is 0.260 e. The first-order valence-corrected chi connectivity index (χ1v) is 8.99. The average molecular weight is 368 g/mol. The Morgan fingerprint density at radius 2 is 1.44 bits per heavy atom. The lowest BCUT2D eigenvalue weighted by Gasteiger charge is -2.26. The van der Waals surface area contributed by atoms with E-state index in [0.717, 1.165) is 0 Å². The number of carbonyl (C=O) groups is 2. The van der Waals surface area contributed by atoms with Gasteiger partial charge < -0.3 is 14.4 Å². The Morgan fingerprint density at radius 1 is 0.960 bits per heavy atom. The maximum atomic E-state index is 12.5. The van der Waals surface area contributed by atoms with Crippen LogP contribution in [0.3, 0.4) is 0 Å². The number of hydrogen-bond acceptors (Lipinski definition) is 5. The van der Waals surface area contributed by atoms with Crippen LogP contribution < -0.4 is 9.47 Å². The third-order valence-electron chi connectivity index (χ3n) is 3.19. The van der Waals surface area contributed by atoms with Crippen LogP contribution in [-0.4, -0.2) is 42.9 Å². The normalized spacial score (nSPS) is 10.9. The van der Waals surface area contributed by atoms with E-state index in [-0.39, 0.29) is 24.9 Å². The molecule has 5 nitrogen and oxygen atoms in total. The molecule has 1 aromatic carbocycles. The zero-order valence-corrected chi connectivity index (χ0v) is 16.6. The fourth-order valence-corrected chi connectivity index (χ4v) is 2.56. The minimum absolute atomic E-state index is 0.00778. The van der Waals surface area contributed by atoms with E-state index in [2.05, 4.69) is 40.3 Å². The number of ether oxygens (including phenoxy) is 2. The SMILES string of the molecule is CC(=O)COc1cc(S)cc(OCC(=O)N(CC(C)C)CC(C)C)c1. The highest BCUT2D eigenvalue weighted by Crippen LogP contribution is 2.25. The maximum absolute atomic E-state index is 12.5. The van der Waals surface area contributed by atoms with Gasteiger partial charge in [-0.2, -0.15) is 0 Å². The topological polar surface area (TPSA) is 55.8 Å². The quantitative estimate of drug-likeness (QED) is 0.644. The van der Waals surface area contributed by atoms with Gasteiger partial charge in [0.2, 0.25) is 0 Å². The summed E-state index contributed by atoms with van der Waals surface area (Å²) in [4.78, 5) is 26.0. The maximum Gasteiger partial charge on any atom is 0.260 e. The van der Waals surface area contributed by atoms with Gasteiger partial charge >= 0.3 is 0 Å². The van der Waals surface area contributed by atoms with E-state index in [0.29, 0.717) is 41.3 Å². The molecule has 1 rings (SSSR count). The van der Waals surface area contributed by atoms with E-state index in [1.807, 2.05) is 4.90 Å². The highest BCUT2D eigenvalue weighted by Gasteiger charge is 2.17. The molecular formula is C19H29NO4S. The van der Waals surface area contributed by atoms with Crippen LogP contribution in [0.2, 0.25) is 0 Å². The molecule has 0 radical (unpaired) electrons. The van der Waals surface area contributed by atoms with Crippen molar-refractivity contribution in [2.75, 3.05) is 26.3 Å². The van der Waals surface area contributed by atoms with E-state index in [4.69, 9.17) is 9.47 Å². The lowest BCUT2D eigenvalue weighted by Crippen LogP contribution is -2.39. The number of amides is 1. The second-order valence-electron chi connectivity index (χ2n) is 7.03. The molecule has 0 aliphatic rings. The summed E-state index contributed by atoms with van der Waals surface area (Å²) >= 11 is 4.30. The number of rotatable bonds is 10. The molecule has 1 aromatic rings. The zero-order valence-electron chi connectivity index (χ0n) is 15.7. The molecule has 0 atom stereocenters. The molecule has 140 valence electrons. The molecule has 0 aromatic heterocycles. The molecule has 0 spiro atoms. The minimum atomic E-state index is -0.0692. The summed E-state index contributed by atoms with van der Waals surface area (Å²) in [5.74, 6) is 1.67. The summed E-state index contributed by atoms with van der Waals surface area (Å²) in [6.07, 6.45) is 0. The van der Waals surface area contributed by atoms with Gasteiger partial charge in [-0.1, -0.05) is 27.7 Å². The molecule has 0 saturated heterocycles. The van der Waals surface area contributed by atoms with Crippen LogP contribution in [0.4, 0.5) is 0 Å². The van der Waals surface area contributed by atoms with Gasteiger partial charge in [0.1, 0.15) is 18.1 Å². The third kappa shape index (κ3) is 8.82.